The summed E-state index contributed by atoms with van der Waals surface area (Å²) in [6.45, 7) is 0. The van der Waals surface area contributed by atoms with Crippen molar-refractivity contribution >= 4 is 40.6 Å². The third kappa shape index (κ3) is 3.39. The maximum Gasteiger partial charge on any atom is 0.257 e. The molecule has 0 bridgehead atoms. The molecule has 0 unspecified atom stereocenters. The van der Waals surface area contributed by atoms with Gasteiger partial charge in [0.05, 0.1) is 17.4 Å². The Labute approximate surface area is 120 Å². The summed E-state index contributed by atoms with van der Waals surface area (Å²) in [6, 6.07) is 9.01. The van der Waals surface area contributed by atoms with Gasteiger partial charge in [-0.2, -0.15) is 0 Å². The lowest BCUT2D eigenvalue weighted by atomic mass is 10.2. The molecule has 0 atom stereocenters. The monoisotopic (exact) mass is 293 g/mol. The fourth-order valence-corrected chi connectivity index (χ4v) is 2.15. The van der Waals surface area contributed by atoms with Crippen LogP contribution >= 0.6 is 23.4 Å². The highest BCUT2D eigenvalue weighted by atomic mass is 35.5. The molecular weight excluding hydrogens is 282 g/mol. The summed E-state index contributed by atoms with van der Waals surface area (Å²) in [6.07, 6.45) is 3.34. The van der Waals surface area contributed by atoms with Gasteiger partial charge in [-0.3, -0.25) is 4.79 Å². The lowest BCUT2D eigenvalue weighted by Gasteiger charge is -2.08. The minimum Gasteiger partial charge on any atom is -0.397 e. The first-order valence-electron chi connectivity index (χ1n) is 5.46. The minimum absolute atomic E-state index is 0.234. The van der Waals surface area contributed by atoms with Gasteiger partial charge in [0.2, 0.25) is 0 Å². The molecule has 0 saturated heterocycles. The number of halogens is 1. The largest absolute Gasteiger partial charge is 0.397 e. The van der Waals surface area contributed by atoms with Crippen LogP contribution in [0.15, 0.2) is 41.4 Å². The molecule has 1 amide bonds. The molecule has 4 nitrogen and oxygen atoms in total. The molecule has 1 heterocycles. The molecule has 2 aromatic rings. The van der Waals surface area contributed by atoms with E-state index in [1.165, 1.54) is 12.3 Å². The Morgan fingerprint density at radius 1 is 1.42 bits per heavy atom. The van der Waals surface area contributed by atoms with Crippen LogP contribution < -0.4 is 11.1 Å². The van der Waals surface area contributed by atoms with Gasteiger partial charge in [-0.05, 0) is 30.5 Å². The normalized spacial score (nSPS) is 10.2. The summed E-state index contributed by atoms with van der Waals surface area (Å²) in [7, 11) is 0. The fourth-order valence-electron chi connectivity index (χ4n) is 1.54. The molecule has 6 heteroatoms. The molecule has 1 aromatic heterocycles. The van der Waals surface area contributed by atoms with Crippen LogP contribution in [-0.2, 0) is 0 Å². The molecule has 0 radical (unpaired) electrons. The third-order valence-corrected chi connectivity index (χ3v) is 3.41. The zero-order valence-corrected chi connectivity index (χ0v) is 11.8. The predicted octanol–water partition coefficient (Wildman–Crippen LogP) is 3.29. The molecule has 0 aliphatic rings. The summed E-state index contributed by atoms with van der Waals surface area (Å²) in [5.41, 5.74) is 7.03. The molecule has 0 saturated carbocycles. The average molecular weight is 294 g/mol. The summed E-state index contributed by atoms with van der Waals surface area (Å²) < 4.78 is 0. The number of anilines is 2. The van der Waals surface area contributed by atoms with Crippen molar-refractivity contribution in [3.05, 3.63) is 47.2 Å². The predicted molar refractivity (Wildman–Crippen MR) is 79.8 cm³/mol. The molecule has 19 heavy (non-hydrogen) atoms. The average Bonchev–Trinajstić information content (AvgIpc) is 2.41. The van der Waals surface area contributed by atoms with E-state index in [0.29, 0.717) is 16.9 Å². The number of rotatable bonds is 3. The maximum absolute atomic E-state index is 12.1. The first-order chi connectivity index (χ1) is 9.10. The van der Waals surface area contributed by atoms with E-state index >= 15 is 0 Å². The van der Waals surface area contributed by atoms with Crippen LogP contribution in [0.2, 0.25) is 5.15 Å². The van der Waals surface area contributed by atoms with Crippen LogP contribution in [0.3, 0.4) is 0 Å². The summed E-state index contributed by atoms with van der Waals surface area (Å²) >= 11 is 7.37. The summed E-state index contributed by atoms with van der Waals surface area (Å²) in [4.78, 5) is 17.0. The Kier molecular flexibility index (Phi) is 4.29. The fraction of sp³-hybridized carbons (Fsp3) is 0.0769. The number of thioether (sulfide) groups is 1. The third-order valence-electron chi connectivity index (χ3n) is 2.47. The van der Waals surface area contributed by atoms with Crippen molar-refractivity contribution in [3.8, 4) is 0 Å². The Bertz CT molecular complexity index is 619. The standard InChI is InChI=1S/C13H12ClN3OS/c1-19-9-4-2-3-8(5-9)17-13(18)10-6-12(14)16-7-11(10)15/h2-7H,15H2,1H3,(H,17,18). The van der Waals surface area contributed by atoms with Crippen LogP contribution in [0.1, 0.15) is 10.4 Å². The van der Waals surface area contributed by atoms with Crippen LogP contribution in [0, 0.1) is 0 Å². The molecule has 2 rings (SSSR count). The van der Waals surface area contributed by atoms with Crippen molar-refractivity contribution in [2.24, 2.45) is 0 Å². The number of hydrogen-bond donors (Lipinski definition) is 2. The van der Waals surface area contributed by atoms with Gasteiger partial charge in [0, 0.05) is 10.6 Å². The SMILES string of the molecule is CSc1cccc(NC(=O)c2cc(Cl)ncc2N)c1. The Balaban J connectivity index is 2.23. The highest BCUT2D eigenvalue weighted by Crippen LogP contribution is 2.21. The van der Waals surface area contributed by atoms with Gasteiger partial charge in [-0.15, -0.1) is 11.8 Å². The minimum atomic E-state index is -0.306. The van der Waals surface area contributed by atoms with E-state index in [9.17, 15) is 4.79 Å². The van der Waals surface area contributed by atoms with E-state index < -0.39 is 0 Å². The number of nitrogens with zero attached hydrogens (tertiary/aromatic N) is 1. The second-order valence-corrected chi connectivity index (χ2v) is 5.05. The number of pyridine rings is 1. The van der Waals surface area contributed by atoms with E-state index in [0.717, 1.165) is 4.90 Å². The van der Waals surface area contributed by atoms with Gasteiger partial charge < -0.3 is 11.1 Å². The first kappa shape index (κ1) is 13.7. The molecular formula is C13H12ClN3OS. The van der Waals surface area contributed by atoms with Gasteiger partial charge in [0.15, 0.2) is 0 Å². The van der Waals surface area contributed by atoms with E-state index in [4.69, 9.17) is 17.3 Å². The number of nitrogens with one attached hydrogen (secondary N) is 1. The molecule has 0 aliphatic heterocycles. The van der Waals surface area contributed by atoms with E-state index in [-0.39, 0.29) is 11.1 Å². The number of amides is 1. The first-order valence-corrected chi connectivity index (χ1v) is 7.07. The quantitative estimate of drug-likeness (QED) is 0.673. The zero-order chi connectivity index (χ0) is 13.8. The zero-order valence-electron chi connectivity index (χ0n) is 10.2. The number of carbonyl (C=O) groups is 1. The van der Waals surface area contributed by atoms with Gasteiger partial charge >= 0.3 is 0 Å². The van der Waals surface area contributed by atoms with Crippen LogP contribution in [0.5, 0.6) is 0 Å². The van der Waals surface area contributed by atoms with E-state index in [2.05, 4.69) is 10.3 Å². The van der Waals surface area contributed by atoms with Crippen molar-refractivity contribution in [1.82, 2.24) is 4.98 Å². The smallest absolute Gasteiger partial charge is 0.257 e. The second-order valence-electron chi connectivity index (χ2n) is 3.78. The van der Waals surface area contributed by atoms with Gasteiger partial charge in [0.1, 0.15) is 5.15 Å². The van der Waals surface area contributed by atoms with Gasteiger partial charge in [-0.25, -0.2) is 4.98 Å². The Hall–Kier alpha value is -1.72. The highest BCUT2D eigenvalue weighted by Gasteiger charge is 2.11. The number of hydrogen-bond acceptors (Lipinski definition) is 4. The topological polar surface area (TPSA) is 68.0 Å². The lowest BCUT2D eigenvalue weighted by Crippen LogP contribution is -2.14. The molecule has 0 fully saturated rings. The maximum atomic E-state index is 12.1. The second kappa shape index (κ2) is 5.95. The lowest BCUT2D eigenvalue weighted by molar-refractivity contribution is 0.102. The number of carbonyl (C=O) groups excluding carboxylic acids is 1. The van der Waals surface area contributed by atoms with Crippen molar-refractivity contribution in [3.63, 3.8) is 0 Å². The highest BCUT2D eigenvalue weighted by molar-refractivity contribution is 7.98. The number of nitrogen functional groups attached to an aromatic ring is 1. The molecule has 0 spiro atoms. The van der Waals surface area contributed by atoms with E-state index in [1.54, 1.807) is 11.8 Å². The van der Waals surface area contributed by atoms with Crippen molar-refractivity contribution < 1.29 is 4.79 Å². The molecule has 1 aromatic carbocycles. The molecule has 98 valence electrons. The number of nitrogens with two attached hydrogens (primary N) is 1. The summed E-state index contributed by atoms with van der Waals surface area (Å²) in [5, 5.41) is 3.02. The Morgan fingerprint density at radius 3 is 2.95 bits per heavy atom. The summed E-state index contributed by atoms with van der Waals surface area (Å²) in [5.74, 6) is -0.306. The number of aromatic nitrogens is 1. The number of benzene rings is 1. The molecule has 3 N–H and O–H groups in total. The van der Waals surface area contributed by atoms with Crippen LogP contribution in [-0.4, -0.2) is 17.1 Å². The van der Waals surface area contributed by atoms with Crippen LogP contribution in [0.25, 0.3) is 0 Å². The van der Waals surface area contributed by atoms with Crippen molar-refractivity contribution in [1.29, 1.82) is 0 Å². The van der Waals surface area contributed by atoms with E-state index in [1.807, 2.05) is 30.5 Å². The van der Waals surface area contributed by atoms with Gasteiger partial charge in [0.25, 0.3) is 5.91 Å². The van der Waals surface area contributed by atoms with Crippen molar-refractivity contribution in [2.45, 2.75) is 4.90 Å². The van der Waals surface area contributed by atoms with Crippen LogP contribution in [0.4, 0.5) is 11.4 Å². The Morgan fingerprint density at radius 2 is 2.21 bits per heavy atom. The van der Waals surface area contributed by atoms with Crippen molar-refractivity contribution in [2.75, 3.05) is 17.3 Å². The molecule has 0 aliphatic carbocycles. The van der Waals surface area contributed by atoms with Gasteiger partial charge in [-0.1, -0.05) is 17.7 Å².